The third-order valence-corrected chi connectivity index (χ3v) is 8.52. The number of halogens is 3. The Labute approximate surface area is 259 Å². The van der Waals surface area contributed by atoms with Gasteiger partial charge in [0.1, 0.15) is 30.0 Å². The smallest absolute Gasteiger partial charge is 0.259 e. The number of aliphatic hydroxyl groups is 3. The number of methoxy groups -OCH3 is 1. The van der Waals surface area contributed by atoms with Crippen molar-refractivity contribution in [1.29, 1.82) is 0 Å². The van der Waals surface area contributed by atoms with Gasteiger partial charge >= 0.3 is 0 Å². The molecule has 2 saturated heterocycles. The Balaban J connectivity index is 1.56. The average molecular weight is 681 g/mol. The number of likely N-dealkylation sites (tertiary alicyclic amines) is 1. The number of anilines is 1. The Hall–Kier alpha value is -3.34. The van der Waals surface area contributed by atoms with Gasteiger partial charge < -0.3 is 34.6 Å². The number of carbonyl (C=O) groups is 2. The van der Waals surface area contributed by atoms with Crippen molar-refractivity contribution < 1.29 is 43.2 Å². The van der Waals surface area contributed by atoms with E-state index >= 15 is 0 Å². The van der Waals surface area contributed by atoms with Crippen molar-refractivity contribution in [2.75, 3.05) is 31.7 Å². The summed E-state index contributed by atoms with van der Waals surface area (Å²) in [7, 11) is 1.30. The normalized spacial score (nSPS) is 27.0. The number of hydrogen-bond donors (Lipinski definition) is 3. The van der Waals surface area contributed by atoms with Crippen LogP contribution in [0.4, 0.5) is 14.5 Å². The van der Waals surface area contributed by atoms with Crippen molar-refractivity contribution in [3.05, 3.63) is 63.8 Å². The van der Waals surface area contributed by atoms with Gasteiger partial charge in [-0.1, -0.05) is 27.2 Å². The molecule has 3 heterocycles. The van der Waals surface area contributed by atoms with Gasteiger partial charge in [0.05, 0.1) is 24.9 Å². The van der Waals surface area contributed by atoms with Gasteiger partial charge in [-0.15, -0.1) is 5.10 Å². The van der Waals surface area contributed by atoms with Crippen LogP contribution in [-0.2, 0) is 19.1 Å². The molecular weight excluding hydrogens is 648 g/mol. The SMILES string of the molecule is COC1C(C(=O)N(c2cc(C)cc(Br)c2)[C@H]2CN(C=O)C[C@@H]2O)OC(CO)C(O)C1n1cc(-c2ccc(C)c(F)c2F)nn1. The molecule has 3 N–H and O–H groups in total. The molecule has 2 aliphatic rings. The van der Waals surface area contributed by atoms with Crippen LogP contribution in [0.2, 0.25) is 0 Å². The van der Waals surface area contributed by atoms with Crippen molar-refractivity contribution in [2.45, 2.75) is 56.5 Å². The van der Waals surface area contributed by atoms with E-state index in [4.69, 9.17) is 9.47 Å². The first kappa shape index (κ1) is 32.1. The molecule has 0 spiro atoms. The monoisotopic (exact) mass is 679 g/mol. The molecule has 5 rings (SSSR count). The standard InChI is InChI=1S/C29H32BrF2N5O7/c1-14-6-16(30)8-17(7-14)37(20-10-35(13-39)11-21(20)40)29(42)28-27(43-3)25(26(41)22(12-38)44-28)36-9-19(33-34-36)18-5-4-15(2)23(31)24(18)32/h4-9,13,20-22,25-28,38,40-41H,10-12H2,1-3H3/t20-,21-,22?,25?,26?,27?,28?/m0/s1. The number of amides is 2. The van der Waals surface area contributed by atoms with Crippen molar-refractivity contribution in [1.82, 2.24) is 19.9 Å². The van der Waals surface area contributed by atoms with Crippen LogP contribution in [0, 0.1) is 25.5 Å². The number of benzene rings is 2. The Morgan fingerprint density at radius 1 is 1.20 bits per heavy atom. The minimum Gasteiger partial charge on any atom is -0.394 e. The Morgan fingerprint density at radius 3 is 2.59 bits per heavy atom. The van der Waals surface area contributed by atoms with E-state index in [-0.39, 0.29) is 29.9 Å². The summed E-state index contributed by atoms with van der Waals surface area (Å²) >= 11 is 3.45. The van der Waals surface area contributed by atoms with Crippen LogP contribution in [0.1, 0.15) is 17.2 Å². The van der Waals surface area contributed by atoms with Gasteiger partial charge in [0.2, 0.25) is 6.41 Å². The highest BCUT2D eigenvalue weighted by Gasteiger charge is 2.52. The fourth-order valence-corrected chi connectivity index (χ4v) is 6.46. The zero-order chi connectivity index (χ0) is 31.9. The number of rotatable bonds is 8. The molecule has 44 heavy (non-hydrogen) atoms. The number of aryl methyl sites for hydroxylation is 2. The average Bonchev–Trinajstić information content (AvgIpc) is 3.62. The van der Waals surface area contributed by atoms with Gasteiger partial charge in [-0.25, -0.2) is 13.5 Å². The Bertz CT molecular complexity index is 1520. The summed E-state index contributed by atoms with van der Waals surface area (Å²) in [5.74, 6) is -2.82. The van der Waals surface area contributed by atoms with Crippen LogP contribution < -0.4 is 4.90 Å². The van der Waals surface area contributed by atoms with Gasteiger partial charge in [0.15, 0.2) is 17.7 Å². The maximum atomic E-state index is 14.8. The number of aromatic nitrogens is 3. The highest BCUT2D eigenvalue weighted by Crippen LogP contribution is 2.36. The van der Waals surface area contributed by atoms with Crippen LogP contribution in [0.25, 0.3) is 11.3 Å². The van der Waals surface area contributed by atoms with E-state index in [0.717, 1.165) is 5.56 Å². The maximum Gasteiger partial charge on any atom is 0.259 e. The maximum absolute atomic E-state index is 14.8. The first-order valence-electron chi connectivity index (χ1n) is 13.8. The minimum atomic E-state index is -1.47. The van der Waals surface area contributed by atoms with Crippen LogP contribution >= 0.6 is 15.9 Å². The lowest BCUT2D eigenvalue weighted by Crippen LogP contribution is -2.63. The molecule has 5 unspecified atom stereocenters. The summed E-state index contributed by atoms with van der Waals surface area (Å²) in [6.45, 7) is 2.61. The third kappa shape index (κ3) is 5.87. The van der Waals surface area contributed by atoms with E-state index in [2.05, 4.69) is 26.2 Å². The number of hydrogen-bond acceptors (Lipinski definition) is 9. The van der Waals surface area contributed by atoms with Gasteiger partial charge in [-0.05, 0) is 49.2 Å². The minimum absolute atomic E-state index is 0.00264. The predicted molar refractivity (Wildman–Crippen MR) is 155 cm³/mol. The summed E-state index contributed by atoms with van der Waals surface area (Å²) < 4.78 is 42.6. The van der Waals surface area contributed by atoms with E-state index in [1.54, 1.807) is 12.1 Å². The number of β-amino-alcohol motifs (C(OH)–C–C–N with tert-alkyl or cyclic N) is 1. The number of aliphatic hydroxyl groups excluding tert-OH is 3. The molecule has 0 bridgehead atoms. The second-order valence-electron chi connectivity index (χ2n) is 11.0. The summed E-state index contributed by atoms with van der Waals surface area (Å²) in [5.41, 5.74) is 1.12. The van der Waals surface area contributed by atoms with Crippen molar-refractivity contribution in [3.63, 3.8) is 0 Å². The first-order chi connectivity index (χ1) is 21.0. The van der Waals surface area contributed by atoms with Gasteiger partial charge in [-0.3, -0.25) is 9.59 Å². The molecule has 3 aromatic rings. The van der Waals surface area contributed by atoms with E-state index in [0.29, 0.717) is 16.6 Å². The summed E-state index contributed by atoms with van der Waals surface area (Å²) in [5, 5.41) is 40.3. The van der Waals surface area contributed by atoms with E-state index < -0.39 is 66.8 Å². The van der Waals surface area contributed by atoms with E-state index in [1.165, 1.54) is 46.8 Å². The van der Waals surface area contributed by atoms with Gasteiger partial charge in [0.25, 0.3) is 5.91 Å². The molecule has 236 valence electrons. The zero-order valence-corrected chi connectivity index (χ0v) is 25.6. The second-order valence-corrected chi connectivity index (χ2v) is 11.9. The largest absolute Gasteiger partial charge is 0.394 e. The van der Waals surface area contributed by atoms with Gasteiger partial charge in [0, 0.05) is 35.9 Å². The molecule has 2 aliphatic heterocycles. The Morgan fingerprint density at radius 2 is 1.95 bits per heavy atom. The summed E-state index contributed by atoms with van der Waals surface area (Å²) in [4.78, 5) is 28.7. The molecule has 2 aromatic carbocycles. The Kier molecular flexibility index (Phi) is 9.44. The lowest BCUT2D eigenvalue weighted by Gasteiger charge is -2.45. The zero-order valence-electron chi connectivity index (χ0n) is 24.0. The summed E-state index contributed by atoms with van der Waals surface area (Å²) in [6.07, 6.45) is -4.65. The first-order valence-corrected chi connectivity index (χ1v) is 14.6. The van der Waals surface area contributed by atoms with Crippen molar-refractivity contribution >= 4 is 33.9 Å². The van der Waals surface area contributed by atoms with E-state index in [9.17, 15) is 33.7 Å². The van der Waals surface area contributed by atoms with Crippen LogP contribution in [0.5, 0.6) is 0 Å². The molecule has 0 aliphatic carbocycles. The highest BCUT2D eigenvalue weighted by molar-refractivity contribution is 9.10. The lowest BCUT2D eigenvalue weighted by atomic mass is 9.91. The number of carbonyl (C=O) groups excluding carboxylic acids is 2. The number of ether oxygens (including phenoxy) is 2. The number of nitrogens with zero attached hydrogens (tertiary/aromatic N) is 5. The molecule has 0 saturated carbocycles. The van der Waals surface area contributed by atoms with Crippen LogP contribution in [-0.4, -0.2) is 111 Å². The van der Waals surface area contributed by atoms with Crippen molar-refractivity contribution in [2.24, 2.45) is 0 Å². The van der Waals surface area contributed by atoms with Crippen molar-refractivity contribution in [3.8, 4) is 11.3 Å². The molecule has 2 fully saturated rings. The molecule has 15 heteroatoms. The molecule has 0 radical (unpaired) electrons. The van der Waals surface area contributed by atoms with Crippen LogP contribution in [0.3, 0.4) is 0 Å². The molecule has 12 nitrogen and oxygen atoms in total. The fourth-order valence-electron chi connectivity index (χ4n) is 5.86. The molecular formula is C29H32BrF2N5O7. The fraction of sp³-hybridized carbons (Fsp3) is 0.448. The lowest BCUT2D eigenvalue weighted by molar-refractivity contribution is -0.211. The highest BCUT2D eigenvalue weighted by atomic mass is 79.9. The predicted octanol–water partition coefficient (Wildman–Crippen LogP) is 1.51. The van der Waals surface area contributed by atoms with Crippen LogP contribution in [0.15, 0.2) is 41.0 Å². The third-order valence-electron chi connectivity index (χ3n) is 8.06. The molecule has 2 amide bonds. The van der Waals surface area contributed by atoms with E-state index in [1.807, 2.05) is 13.0 Å². The molecule has 7 atom stereocenters. The van der Waals surface area contributed by atoms with Gasteiger partial charge in [-0.2, -0.15) is 0 Å². The second kappa shape index (κ2) is 12.9. The summed E-state index contributed by atoms with van der Waals surface area (Å²) in [6, 6.07) is 5.96. The topological polar surface area (TPSA) is 150 Å². The molecule has 1 aromatic heterocycles. The quantitative estimate of drug-likeness (QED) is 0.301.